The number of nitrogens with one attached hydrogen (secondary N) is 1. The minimum absolute atomic E-state index is 0.0948. The monoisotopic (exact) mass is 357 g/mol. The smallest absolute Gasteiger partial charge is 0.338 e. The SMILES string of the molecule is Cc1nn(C)cc1Cn1cc(NC(=O)CCn2cc(C(=O)O)cn2)cn1. The Morgan fingerprint density at radius 2 is 1.92 bits per heavy atom. The van der Waals surface area contributed by atoms with Gasteiger partial charge in [0.15, 0.2) is 0 Å². The van der Waals surface area contributed by atoms with Gasteiger partial charge in [0.2, 0.25) is 5.91 Å². The Bertz CT molecular complexity index is 937. The number of rotatable bonds is 7. The molecule has 3 heterocycles. The molecule has 0 atom stereocenters. The van der Waals surface area contributed by atoms with E-state index < -0.39 is 5.97 Å². The first kappa shape index (κ1) is 17.4. The Morgan fingerprint density at radius 1 is 1.15 bits per heavy atom. The van der Waals surface area contributed by atoms with E-state index in [4.69, 9.17) is 5.11 Å². The van der Waals surface area contributed by atoms with E-state index in [2.05, 4.69) is 20.6 Å². The topological polar surface area (TPSA) is 120 Å². The molecule has 0 unspecified atom stereocenters. The molecule has 0 saturated carbocycles. The van der Waals surface area contributed by atoms with E-state index in [-0.39, 0.29) is 17.9 Å². The van der Waals surface area contributed by atoms with E-state index in [1.807, 2.05) is 20.2 Å². The summed E-state index contributed by atoms with van der Waals surface area (Å²) in [5, 5.41) is 24.1. The lowest BCUT2D eigenvalue weighted by Crippen LogP contribution is -2.14. The van der Waals surface area contributed by atoms with Gasteiger partial charge in [0, 0.05) is 44.2 Å². The minimum Gasteiger partial charge on any atom is -0.478 e. The number of carboxylic acid groups (broad SMARTS) is 1. The van der Waals surface area contributed by atoms with Gasteiger partial charge in [-0.1, -0.05) is 0 Å². The molecule has 136 valence electrons. The highest BCUT2D eigenvalue weighted by Gasteiger charge is 2.10. The van der Waals surface area contributed by atoms with Gasteiger partial charge >= 0.3 is 5.97 Å². The Hall–Kier alpha value is -3.43. The van der Waals surface area contributed by atoms with Crippen LogP contribution in [0.2, 0.25) is 0 Å². The van der Waals surface area contributed by atoms with E-state index in [0.717, 1.165) is 11.3 Å². The average Bonchev–Trinajstić information content (AvgIpc) is 3.27. The molecule has 0 radical (unpaired) electrons. The van der Waals surface area contributed by atoms with E-state index >= 15 is 0 Å². The summed E-state index contributed by atoms with van der Waals surface area (Å²) in [5.41, 5.74) is 2.69. The van der Waals surface area contributed by atoms with E-state index in [1.54, 1.807) is 21.8 Å². The number of aryl methyl sites for hydroxylation is 3. The van der Waals surface area contributed by atoms with E-state index in [1.165, 1.54) is 17.1 Å². The maximum absolute atomic E-state index is 12.0. The molecule has 3 aromatic rings. The van der Waals surface area contributed by atoms with Gasteiger partial charge in [-0.15, -0.1) is 0 Å². The van der Waals surface area contributed by atoms with Gasteiger partial charge in [-0.05, 0) is 6.92 Å². The number of aromatic nitrogens is 6. The summed E-state index contributed by atoms with van der Waals surface area (Å²) < 4.78 is 4.91. The lowest BCUT2D eigenvalue weighted by atomic mass is 10.3. The predicted molar refractivity (Wildman–Crippen MR) is 91.7 cm³/mol. The highest BCUT2D eigenvalue weighted by Crippen LogP contribution is 2.11. The molecule has 0 bridgehead atoms. The van der Waals surface area contributed by atoms with Gasteiger partial charge in [-0.25, -0.2) is 4.79 Å². The molecule has 1 amide bonds. The van der Waals surface area contributed by atoms with Crippen LogP contribution in [0, 0.1) is 6.92 Å². The third-order valence-electron chi connectivity index (χ3n) is 3.81. The third-order valence-corrected chi connectivity index (χ3v) is 3.81. The molecule has 2 N–H and O–H groups in total. The van der Waals surface area contributed by atoms with Gasteiger partial charge in [0.05, 0.1) is 35.9 Å². The van der Waals surface area contributed by atoms with Crippen LogP contribution < -0.4 is 5.32 Å². The van der Waals surface area contributed by atoms with Crippen molar-refractivity contribution in [2.75, 3.05) is 5.32 Å². The molecule has 0 spiro atoms. The molecule has 0 fully saturated rings. The number of aromatic carboxylic acids is 1. The van der Waals surface area contributed by atoms with Crippen LogP contribution in [-0.4, -0.2) is 46.3 Å². The molecule has 10 heteroatoms. The summed E-state index contributed by atoms with van der Waals surface area (Å²) in [7, 11) is 1.87. The number of anilines is 1. The molecule has 10 nitrogen and oxygen atoms in total. The Balaban J connectivity index is 1.52. The first-order valence-corrected chi connectivity index (χ1v) is 7.98. The van der Waals surface area contributed by atoms with Crippen LogP contribution in [0.1, 0.15) is 28.0 Å². The van der Waals surface area contributed by atoms with Gasteiger partial charge < -0.3 is 10.4 Å². The zero-order chi connectivity index (χ0) is 18.7. The van der Waals surface area contributed by atoms with Crippen molar-refractivity contribution < 1.29 is 14.7 Å². The first-order chi connectivity index (χ1) is 12.4. The lowest BCUT2D eigenvalue weighted by molar-refractivity contribution is -0.116. The lowest BCUT2D eigenvalue weighted by Gasteiger charge is -2.03. The van der Waals surface area contributed by atoms with Crippen LogP contribution in [0.3, 0.4) is 0 Å². The largest absolute Gasteiger partial charge is 0.478 e. The summed E-state index contributed by atoms with van der Waals surface area (Å²) in [6.07, 6.45) is 8.09. The zero-order valence-corrected chi connectivity index (χ0v) is 14.5. The van der Waals surface area contributed by atoms with Gasteiger partial charge in [0.25, 0.3) is 0 Å². The number of carbonyl (C=O) groups excluding carboxylic acids is 1. The number of nitrogens with zero attached hydrogens (tertiary/aromatic N) is 6. The van der Waals surface area contributed by atoms with Crippen molar-refractivity contribution in [2.24, 2.45) is 7.05 Å². The van der Waals surface area contributed by atoms with Crippen molar-refractivity contribution >= 4 is 17.6 Å². The molecule has 3 rings (SSSR count). The van der Waals surface area contributed by atoms with Gasteiger partial charge in [-0.3, -0.25) is 18.8 Å². The summed E-state index contributed by atoms with van der Waals surface area (Å²) in [6, 6.07) is 0. The van der Waals surface area contributed by atoms with Crippen LogP contribution >= 0.6 is 0 Å². The van der Waals surface area contributed by atoms with Crippen molar-refractivity contribution in [3.63, 3.8) is 0 Å². The maximum Gasteiger partial charge on any atom is 0.338 e. The van der Waals surface area contributed by atoms with Crippen molar-refractivity contribution in [3.8, 4) is 0 Å². The maximum atomic E-state index is 12.0. The summed E-state index contributed by atoms with van der Waals surface area (Å²) in [6.45, 7) is 2.80. The van der Waals surface area contributed by atoms with Crippen molar-refractivity contribution in [1.29, 1.82) is 0 Å². The highest BCUT2D eigenvalue weighted by atomic mass is 16.4. The quantitative estimate of drug-likeness (QED) is 0.648. The highest BCUT2D eigenvalue weighted by molar-refractivity contribution is 5.90. The van der Waals surface area contributed by atoms with Gasteiger partial charge in [0.1, 0.15) is 0 Å². The van der Waals surface area contributed by atoms with Crippen molar-refractivity contribution in [3.05, 3.63) is 47.8 Å². The molecule has 26 heavy (non-hydrogen) atoms. The number of hydrogen-bond acceptors (Lipinski definition) is 5. The number of hydrogen-bond donors (Lipinski definition) is 2. The fourth-order valence-corrected chi connectivity index (χ4v) is 2.53. The van der Waals surface area contributed by atoms with Crippen molar-refractivity contribution in [2.45, 2.75) is 26.4 Å². The Labute approximate surface area is 149 Å². The standard InChI is InChI=1S/C16H19N7O3/c1-11-13(7-21(2)20-11)9-23-10-14(6-18-23)19-15(24)3-4-22-8-12(5-17-22)16(25)26/h5-8,10H,3-4,9H2,1-2H3,(H,19,24)(H,25,26). The zero-order valence-electron chi connectivity index (χ0n) is 14.5. The Morgan fingerprint density at radius 3 is 2.58 bits per heavy atom. The molecule has 3 aromatic heterocycles. The van der Waals surface area contributed by atoms with Gasteiger partial charge in [-0.2, -0.15) is 15.3 Å². The predicted octanol–water partition coefficient (Wildman–Crippen LogP) is 0.897. The molecular weight excluding hydrogens is 338 g/mol. The van der Waals surface area contributed by atoms with E-state index in [0.29, 0.717) is 18.8 Å². The molecular formula is C16H19N7O3. The second kappa shape index (κ2) is 7.21. The third kappa shape index (κ3) is 4.15. The second-order valence-electron chi connectivity index (χ2n) is 5.94. The van der Waals surface area contributed by atoms with Crippen molar-refractivity contribution in [1.82, 2.24) is 29.3 Å². The van der Waals surface area contributed by atoms with Crippen LogP contribution in [0.5, 0.6) is 0 Å². The van der Waals surface area contributed by atoms with E-state index in [9.17, 15) is 9.59 Å². The number of carboxylic acids is 1. The second-order valence-corrected chi connectivity index (χ2v) is 5.94. The summed E-state index contributed by atoms with van der Waals surface area (Å²) in [5.74, 6) is -1.24. The number of amides is 1. The first-order valence-electron chi connectivity index (χ1n) is 7.98. The molecule has 0 aliphatic carbocycles. The van der Waals surface area contributed by atoms with Crippen LogP contribution in [-0.2, 0) is 24.9 Å². The summed E-state index contributed by atoms with van der Waals surface area (Å²) in [4.78, 5) is 22.8. The molecule has 0 aromatic carbocycles. The van der Waals surface area contributed by atoms with Crippen LogP contribution in [0.4, 0.5) is 5.69 Å². The molecule has 0 aliphatic rings. The molecule has 0 aliphatic heterocycles. The fourth-order valence-electron chi connectivity index (χ4n) is 2.53. The fraction of sp³-hybridized carbons (Fsp3) is 0.312. The summed E-state index contributed by atoms with van der Waals surface area (Å²) >= 11 is 0. The van der Waals surface area contributed by atoms with Crippen LogP contribution in [0.15, 0.2) is 31.0 Å². The average molecular weight is 357 g/mol. The van der Waals surface area contributed by atoms with Crippen LogP contribution in [0.25, 0.3) is 0 Å². The molecule has 0 saturated heterocycles. The minimum atomic E-state index is -1.04. The number of carbonyl (C=O) groups is 2. The normalized spacial score (nSPS) is 10.8. The Kier molecular flexibility index (Phi) is 4.83.